The molecule has 132 valence electrons. The van der Waals surface area contributed by atoms with Crippen LogP contribution < -0.4 is 0 Å². The molecular weight excluding hydrogens is 320 g/mol. The van der Waals surface area contributed by atoms with E-state index in [0.29, 0.717) is 31.8 Å². The Balaban J connectivity index is 1.41. The van der Waals surface area contributed by atoms with Gasteiger partial charge in [0.05, 0.1) is 12.0 Å². The Morgan fingerprint density at radius 2 is 1.92 bits per heavy atom. The van der Waals surface area contributed by atoms with Crippen molar-refractivity contribution in [1.29, 1.82) is 0 Å². The summed E-state index contributed by atoms with van der Waals surface area (Å²) in [5.74, 6) is -0.938. The number of piperidine rings is 1. The number of aromatic nitrogens is 1. The summed E-state index contributed by atoms with van der Waals surface area (Å²) in [5.41, 5.74) is 1.57. The second-order valence-corrected chi connectivity index (χ2v) is 6.97. The molecule has 2 atom stereocenters. The maximum absolute atomic E-state index is 12.7. The molecule has 2 aliphatic heterocycles. The molecule has 25 heavy (non-hydrogen) atoms. The molecule has 2 aromatic rings. The second kappa shape index (κ2) is 6.52. The molecule has 1 amide bonds. The minimum Gasteiger partial charge on any atom is -0.481 e. The molecule has 1 aromatic heterocycles. The van der Waals surface area contributed by atoms with Gasteiger partial charge in [0, 0.05) is 30.6 Å². The zero-order valence-electron chi connectivity index (χ0n) is 14.0. The summed E-state index contributed by atoms with van der Waals surface area (Å²) in [6.45, 7) is 1.81. The Hall–Kier alpha value is -2.34. The van der Waals surface area contributed by atoms with E-state index in [9.17, 15) is 14.7 Å². The smallest absolute Gasteiger partial charge is 0.309 e. The first-order chi connectivity index (χ1) is 12.1. The van der Waals surface area contributed by atoms with Crippen LogP contribution in [0.2, 0.25) is 0 Å². The molecular formula is C19H22N2O4. The fraction of sp³-hybridized carbons (Fsp3) is 0.474. The minimum absolute atomic E-state index is 0.0109. The Kier molecular flexibility index (Phi) is 4.21. The van der Waals surface area contributed by atoms with E-state index in [1.54, 1.807) is 0 Å². The fourth-order valence-corrected chi connectivity index (χ4v) is 4.13. The minimum atomic E-state index is -0.765. The van der Waals surface area contributed by atoms with Gasteiger partial charge in [0.1, 0.15) is 5.69 Å². The van der Waals surface area contributed by atoms with E-state index < -0.39 is 11.9 Å². The summed E-state index contributed by atoms with van der Waals surface area (Å²) in [6, 6.07) is 9.74. The van der Waals surface area contributed by atoms with Crippen LogP contribution in [0.25, 0.3) is 10.9 Å². The first-order valence-electron chi connectivity index (χ1n) is 8.85. The summed E-state index contributed by atoms with van der Waals surface area (Å²) in [5, 5.41) is 10.4. The van der Waals surface area contributed by atoms with Crippen molar-refractivity contribution in [3.63, 3.8) is 0 Å². The highest BCUT2D eigenvalue weighted by Crippen LogP contribution is 2.33. The maximum Gasteiger partial charge on any atom is 0.309 e. The number of para-hydroxylation sites is 1. The molecule has 0 saturated carbocycles. The zero-order chi connectivity index (χ0) is 17.4. The highest BCUT2D eigenvalue weighted by molar-refractivity contribution is 5.98. The van der Waals surface area contributed by atoms with E-state index in [1.807, 2.05) is 35.2 Å². The van der Waals surface area contributed by atoms with Crippen molar-refractivity contribution in [2.75, 3.05) is 19.7 Å². The van der Waals surface area contributed by atoms with Crippen LogP contribution in [0.3, 0.4) is 0 Å². The Bertz CT molecular complexity index is 759. The monoisotopic (exact) mass is 342 g/mol. The molecule has 1 aromatic carbocycles. The van der Waals surface area contributed by atoms with E-state index in [2.05, 4.69) is 4.98 Å². The molecule has 2 N–H and O–H groups in total. The molecule has 0 bridgehead atoms. The number of carbonyl (C=O) groups excluding carboxylic acids is 1. The molecule has 6 heteroatoms. The summed E-state index contributed by atoms with van der Waals surface area (Å²) in [7, 11) is 0. The molecule has 2 saturated heterocycles. The first-order valence-corrected chi connectivity index (χ1v) is 8.85. The number of H-pyrrole nitrogens is 1. The molecule has 0 spiro atoms. The third-order valence-corrected chi connectivity index (χ3v) is 5.50. The number of hydrogen-bond donors (Lipinski definition) is 2. The third kappa shape index (κ3) is 3.02. The molecule has 0 radical (unpaired) electrons. The van der Waals surface area contributed by atoms with Crippen LogP contribution in [0, 0.1) is 11.8 Å². The molecule has 6 nitrogen and oxygen atoms in total. The van der Waals surface area contributed by atoms with Crippen molar-refractivity contribution in [2.45, 2.75) is 25.4 Å². The van der Waals surface area contributed by atoms with Crippen molar-refractivity contribution in [1.82, 2.24) is 9.88 Å². The second-order valence-electron chi connectivity index (χ2n) is 6.97. The standard InChI is InChI=1S/C19H22N2O4/c22-18(16-11-13-3-1-2-4-15(13)20-16)21-8-5-12(6-9-21)17-14(19(23)24)7-10-25-17/h1-4,11-12,14,17,20H,5-10H2,(H,23,24)/t14?,17-/m0/s1. The van der Waals surface area contributed by atoms with Crippen LogP contribution in [0.4, 0.5) is 0 Å². The third-order valence-electron chi connectivity index (χ3n) is 5.50. The summed E-state index contributed by atoms with van der Waals surface area (Å²) in [4.78, 5) is 29.1. The van der Waals surface area contributed by atoms with Crippen molar-refractivity contribution >= 4 is 22.8 Å². The number of ether oxygens (including phenoxy) is 1. The molecule has 2 aliphatic rings. The predicted molar refractivity (Wildman–Crippen MR) is 92.4 cm³/mol. The number of hydrogen-bond acceptors (Lipinski definition) is 3. The van der Waals surface area contributed by atoms with E-state index >= 15 is 0 Å². The topological polar surface area (TPSA) is 82.6 Å². The van der Waals surface area contributed by atoms with E-state index in [1.165, 1.54) is 0 Å². The molecule has 0 aliphatic carbocycles. The van der Waals surface area contributed by atoms with Gasteiger partial charge >= 0.3 is 5.97 Å². The number of fused-ring (bicyclic) bond motifs is 1. The number of nitrogens with zero attached hydrogens (tertiary/aromatic N) is 1. The van der Waals surface area contributed by atoms with Crippen LogP contribution in [-0.2, 0) is 9.53 Å². The number of carbonyl (C=O) groups is 2. The van der Waals surface area contributed by atoms with Gasteiger partial charge in [-0.1, -0.05) is 18.2 Å². The average Bonchev–Trinajstić information content (AvgIpc) is 3.28. The van der Waals surface area contributed by atoms with E-state index in [0.717, 1.165) is 23.7 Å². The zero-order valence-corrected chi connectivity index (χ0v) is 14.0. The van der Waals surface area contributed by atoms with Gasteiger partial charge in [-0.2, -0.15) is 0 Å². The van der Waals surface area contributed by atoms with Crippen molar-refractivity contribution in [2.24, 2.45) is 11.8 Å². The lowest BCUT2D eigenvalue weighted by Crippen LogP contribution is -2.43. The molecule has 4 rings (SSSR count). The van der Waals surface area contributed by atoms with Crippen LogP contribution in [0.5, 0.6) is 0 Å². The van der Waals surface area contributed by atoms with Crippen LogP contribution in [0.1, 0.15) is 29.8 Å². The molecule has 3 heterocycles. The highest BCUT2D eigenvalue weighted by Gasteiger charge is 2.40. The lowest BCUT2D eigenvalue weighted by molar-refractivity contribution is -0.145. The van der Waals surface area contributed by atoms with Crippen LogP contribution >= 0.6 is 0 Å². The first kappa shape index (κ1) is 16.1. The van der Waals surface area contributed by atoms with Crippen molar-refractivity contribution < 1.29 is 19.4 Å². The van der Waals surface area contributed by atoms with Crippen molar-refractivity contribution in [3.05, 3.63) is 36.0 Å². The maximum atomic E-state index is 12.7. The summed E-state index contributed by atoms with van der Waals surface area (Å²) < 4.78 is 5.70. The van der Waals surface area contributed by atoms with Gasteiger partial charge in [0.2, 0.25) is 0 Å². The number of likely N-dealkylation sites (tertiary alicyclic amines) is 1. The van der Waals surface area contributed by atoms with Gasteiger partial charge in [-0.05, 0) is 37.3 Å². The largest absolute Gasteiger partial charge is 0.481 e. The van der Waals surface area contributed by atoms with Crippen LogP contribution in [0.15, 0.2) is 30.3 Å². The highest BCUT2D eigenvalue weighted by atomic mass is 16.5. The number of aliphatic carboxylic acids is 1. The number of aromatic amines is 1. The Labute approximate surface area is 145 Å². The van der Waals surface area contributed by atoms with Gasteiger partial charge in [-0.25, -0.2) is 0 Å². The number of rotatable bonds is 3. The number of benzene rings is 1. The van der Waals surface area contributed by atoms with Gasteiger partial charge < -0.3 is 19.7 Å². The van der Waals surface area contributed by atoms with Crippen LogP contribution in [-0.4, -0.2) is 52.7 Å². The summed E-state index contributed by atoms with van der Waals surface area (Å²) >= 11 is 0. The number of amides is 1. The van der Waals surface area contributed by atoms with Gasteiger partial charge in [-0.3, -0.25) is 9.59 Å². The normalized spacial score (nSPS) is 24.7. The lowest BCUT2D eigenvalue weighted by Gasteiger charge is -2.35. The molecule has 1 unspecified atom stereocenters. The Morgan fingerprint density at radius 3 is 2.64 bits per heavy atom. The fourth-order valence-electron chi connectivity index (χ4n) is 4.13. The summed E-state index contributed by atoms with van der Waals surface area (Å²) in [6.07, 6.45) is 1.97. The van der Waals surface area contributed by atoms with Gasteiger partial charge in [-0.15, -0.1) is 0 Å². The van der Waals surface area contributed by atoms with E-state index in [-0.39, 0.29) is 17.9 Å². The van der Waals surface area contributed by atoms with Crippen molar-refractivity contribution in [3.8, 4) is 0 Å². The SMILES string of the molecule is O=C(O)C1CCO[C@H]1C1CCN(C(=O)c2cc3ccccc3[nH]2)CC1. The predicted octanol–water partition coefficient (Wildman–Crippen LogP) is 2.51. The van der Waals surface area contributed by atoms with E-state index in [4.69, 9.17) is 4.74 Å². The Morgan fingerprint density at radius 1 is 1.16 bits per heavy atom. The average molecular weight is 342 g/mol. The quantitative estimate of drug-likeness (QED) is 0.898. The number of carboxylic acid groups (broad SMARTS) is 1. The lowest BCUT2D eigenvalue weighted by atomic mass is 9.84. The molecule has 2 fully saturated rings. The van der Waals surface area contributed by atoms with Gasteiger partial charge in [0.25, 0.3) is 5.91 Å². The number of nitrogens with one attached hydrogen (secondary N) is 1. The number of carboxylic acids is 1. The van der Waals surface area contributed by atoms with Gasteiger partial charge in [0.15, 0.2) is 0 Å².